The van der Waals surface area contributed by atoms with Crippen LogP contribution in [0.5, 0.6) is 6.01 Å². The van der Waals surface area contributed by atoms with E-state index in [2.05, 4.69) is 21.4 Å². The molecular formula is C19H17N5O2. The Bertz CT molecular complexity index is 1030. The molecule has 0 unspecified atom stereocenters. The molecule has 0 radical (unpaired) electrons. The molecule has 3 heterocycles. The van der Waals surface area contributed by atoms with Gasteiger partial charge in [-0.2, -0.15) is 10.2 Å². The summed E-state index contributed by atoms with van der Waals surface area (Å²) in [5, 5.41) is 12.2. The maximum Gasteiger partial charge on any atom is 0.297 e. The molecule has 26 heavy (non-hydrogen) atoms. The first-order valence-electron chi connectivity index (χ1n) is 8.48. The summed E-state index contributed by atoms with van der Waals surface area (Å²) in [7, 11) is 0. The molecule has 1 N–H and O–H groups in total. The fraction of sp³-hybridized carbons (Fsp3) is 0.263. The van der Waals surface area contributed by atoms with E-state index in [4.69, 9.17) is 4.74 Å². The molecule has 1 aliphatic heterocycles. The molecule has 1 aromatic carbocycles. The Kier molecular flexibility index (Phi) is 4.01. The Labute approximate surface area is 150 Å². The van der Waals surface area contributed by atoms with Crippen LogP contribution >= 0.6 is 0 Å². The molecule has 3 aromatic rings. The van der Waals surface area contributed by atoms with Gasteiger partial charge in [0.2, 0.25) is 5.91 Å². The third-order valence-corrected chi connectivity index (χ3v) is 4.46. The minimum Gasteiger partial charge on any atom is -0.465 e. The van der Waals surface area contributed by atoms with Crippen molar-refractivity contribution in [3.05, 3.63) is 42.1 Å². The number of carbonyl (C=O) groups is 1. The van der Waals surface area contributed by atoms with Crippen LogP contribution in [-0.4, -0.2) is 33.6 Å². The van der Waals surface area contributed by atoms with Gasteiger partial charge in [0.15, 0.2) is 0 Å². The monoisotopic (exact) mass is 347 g/mol. The zero-order chi connectivity index (χ0) is 18.1. The lowest BCUT2D eigenvalue weighted by Gasteiger charge is -2.14. The number of nitrogens with one attached hydrogen (secondary N) is 1. The van der Waals surface area contributed by atoms with Crippen LogP contribution in [0.3, 0.4) is 0 Å². The molecule has 0 spiro atoms. The quantitative estimate of drug-likeness (QED) is 0.782. The first-order valence-corrected chi connectivity index (χ1v) is 8.48. The number of ether oxygens (including phenoxy) is 1. The lowest BCUT2D eigenvalue weighted by molar-refractivity contribution is -0.119. The minimum atomic E-state index is -0.0481. The van der Waals surface area contributed by atoms with E-state index >= 15 is 0 Å². The molecule has 1 fully saturated rings. The fourth-order valence-corrected chi connectivity index (χ4v) is 3.28. The van der Waals surface area contributed by atoms with Gasteiger partial charge in [-0.1, -0.05) is 18.2 Å². The van der Waals surface area contributed by atoms with Gasteiger partial charge in [-0.25, -0.2) is 0 Å². The van der Waals surface area contributed by atoms with Crippen LogP contribution in [0.1, 0.15) is 24.9 Å². The second-order valence-corrected chi connectivity index (χ2v) is 6.08. The molecule has 4 rings (SSSR count). The molecule has 130 valence electrons. The molecule has 7 nitrogen and oxygen atoms in total. The molecule has 1 amide bonds. The Hall–Kier alpha value is -3.40. The van der Waals surface area contributed by atoms with Crippen LogP contribution in [0.2, 0.25) is 0 Å². The van der Waals surface area contributed by atoms with E-state index in [-0.39, 0.29) is 11.9 Å². The number of nitriles is 1. The van der Waals surface area contributed by atoms with Crippen molar-refractivity contribution in [1.29, 1.82) is 5.26 Å². The van der Waals surface area contributed by atoms with Crippen molar-refractivity contribution < 1.29 is 9.53 Å². The predicted octanol–water partition coefficient (Wildman–Crippen LogP) is 2.43. The molecule has 2 aromatic heterocycles. The number of fused-ring (bicyclic) bond motifs is 1. The average molecular weight is 347 g/mol. The van der Waals surface area contributed by atoms with Gasteiger partial charge in [0.1, 0.15) is 0 Å². The first-order chi connectivity index (χ1) is 12.7. The lowest BCUT2D eigenvalue weighted by Crippen LogP contribution is -2.16. The third kappa shape index (κ3) is 2.65. The molecular weight excluding hydrogens is 330 g/mol. The van der Waals surface area contributed by atoms with Crippen LogP contribution in [0.15, 0.2) is 36.5 Å². The van der Waals surface area contributed by atoms with Crippen molar-refractivity contribution in [2.45, 2.75) is 19.4 Å². The number of pyridine rings is 1. The summed E-state index contributed by atoms with van der Waals surface area (Å²) in [6.07, 6.45) is 2.13. The van der Waals surface area contributed by atoms with Gasteiger partial charge in [0.25, 0.3) is 6.01 Å². The number of benzene rings is 1. The Balaban J connectivity index is 1.85. The number of hydrogen-bond acceptors (Lipinski definition) is 5. The molecule has 0 aliphatic carbocycles. The highest BCUT2D eigenvalue weighted by atomic mass is 16.5. The van der Waals surface area contributed by atoms with Crippen LogP contribution in [-0.2, 0) is 4.79 Å². The molecule has 7 heteroatoms. The standard InChI is InChI=1S/C19H17N5O2/c1-2-26-19-23-16-8-15(14-6-4-3-5-12(14)9-20)21-11-17(16)24(19)13-7-18(25)22-10-13/h3-6,8,11,13H,2,7,10H2,1H3,(H,22,25)/t13-/m1/s1. The Morgan fingerprint density at radius 2 is 2.27 bits per heavy atom. The van der Waals surface area contributed by atoms with Crippen molar-refractivity contribution in [2.75, 3.05) is 13.2 Å². The zero-order valence-corrected chi connectivity index (χ0v) is 14.3. The van der Waals surface area contributed by atoms with Gasteiger partial charge in [-0.3, -0.25) is 14.3 Å². The number of amides is 1. The maximum absolute atomic E-state index is 11.6. The van der Waals surface area contributed by atoms with Gasteiger partial charge in [0.05, 0.1) is 47.2 Å². The van der Waals surface area contributed by atoms with Gasteiger partial charge < -0.3 is 10.1 Å². The normalized spacial score (nSPS) is 16.5. The molecule has 1 aliphatic rings. The van der Waals surface area contributed by atoms with E-state index < -0.39 is 0 Å². The number of imidazole rings is 1. The summed E-state index contributed by atoms with van der Waals surface area (Å²) < 4.78 is 7.63. The van der Waals surface area contributed by atoms with E-state index in [0.717, 1.165) is 16.6 Å². The highest BCUT2D eigenvalue weighted by Gasteiger charge is 2.28. The largest absolute Gasteiger partial charge is 0.465 e. The second-order valence-electron chi connectivity index (χ2n) is 6.08. The van der Waals surface area contributed by atoms with E-state index in [0.29, 0.717) is 36.8 Å². The number of rotatable bonds is 4. The smallest absolute Gasteiger partial charge is 0.297 e. The Morgan fingerprint density at radius 3 is 3.00 bits per heavy atom. The van der Waals surface area contributed by atoms with Gasteiger partial charge in [0, 0.05) is 18.5 Å². The van der Waals surface area contributed by atoms with Crippen LogP contribution in [0.4, 0.5) is 0 Å². The summed E-state index contributed by atoms with van der Waals surface area (Å²) in [5.41, 5.74) is 3.55. The summed E-state index contributed by atoms with van der Waals surface area (Å²) in [6, 6.07) is 11.8. The number of aromatic nitrogens is 3. The number of nitrogens with zero attached hydrogens (tertiary/aromatic N) is 4. The van der Waals surface area contributed by atoms with Gasteiger partial charge >= 0.3 is 0 Å². The highest BCUT2D eigenvalue weighted by Crippen LogP contribution is 2.31. The second kappa shape index (κ2) is 6.48. The number of hydrogen-bond donors (Lipinski definition) is 1. The fourth-order valence-electron chi connectivity index (χ4n) is 3.28. The lowest BCUT2D eigenvalue weighted by atomic mass is 10.0. The minimum absolute atomic E-state index is 0.0202. The third-order valence-electron chi connectivity index (χ3n) is 4.46. The average Bonchev–Trinajstić information content (AvgIpc) is 3.24. The van der Waals surface area contributed by atoms with Gasteiger partial charge in [-0.15, -0.1) is 0 Å². The molecule has 1 atom stereocenters. The predicted molar refractivity (Wildman–Crippen MR) is 95.5 cm³/mol. The van der Waals surface area contributed by atoms with Crippen LogP contribution < -0.4 is 10.1 Å². The van der Waals surface area contributed by atoms with Crippen molar-refractivity contribution >= 4 is 16.9 Å². The van der Waals surface area contributed by atoms with E-state index in [9.17, 15) is 10.1 Å². The summed E-state index contributed by atoms with van der Waals surface area (Å²) in [6.45, 7) is 2.92. The van der Waals surface area contributed by atoms with E-state index in [1.54, 1.807) is 12.3 Å². The van der Waals surface area contributed by atoms with Crippen molar-refractivity contribution in [1.82, 2.24) is 19.9 Å². The van der Waals surface area contributed by atoms with E-state index in [1.165, 1.54) is 0 Å². The summed E-state index contributed by atoms with van der Waals surface area (Å²) in [4.78, 5) is 20.8. The molecule has 0 bridgehead atoms. The summed E-state index contributed by atoms with van der Waals surface area (Å²) in [5.74, 6) is 0.0202. The highest BCUT2D eigenvalue weighted by molar-refractivity contribution is 5.83. The van der Waals surface area contributed by atoms with Crippen molar-refractivity contribution in [3.8, 4) is 23.3 Å². The first kappa shape index (κ1) is 16.1. The van der Waals surface area contributed by atoms with Crippen LogP contribution in [0, 0.1) is 11.3 Å². The Morgan fingerprint density at radius 1 is 1.42 bits per heavy atom. The topological polar surface area (TPSA) is 92.8 Å². The summed E-state index contributed by atoms with van der Waals surface area (Å²) >= 11 is 0. The van der Waals surface area contributed by atoms with Crippen LogP contribution in [0.25, 0.3) is 22.3 Å². The molecule has 0 saturated carbocycles. The van der Waals surface area contributed by atoms with Crippen molar-refractivity contribution in [3.63, 3.8) is 0 Å². The zero-order valence-electron chi connectivity index (χ0n) is 14.3. The van der Waals surface area contributed by atoms with Gasteiger partial charge in [-0.05, 0) is 19.1 Å². The van der Waals surface area contributed by atoms with Crippen molar-refractivity contribution in [2.24, 2.45) is 0 Å². The molecule has 1 saturated heterocycles. The maximum atomic E-state index is 11.6. The number of carbonyl (C=O) groups excluding carboxylic acids is 1. The SMILES string of the molecule is CCOc1nc2cc(-c3ccccc3C#N)ncc2n1[C@H]1CNC(=O)C1. The van der Waals surface area contributed by atoms with E-state index in [1.807, 2.05) is 35.8 Å².